The minimum atomic E-state index is -4.49. The van der Waals surface area contributed by atoms with Crippen molar-refractivity contribution in [3.8, 4) is 0 Å². The van der Waals surface area contributed by atoms with E-state index in [0.717, 1.165) is 34.5 Å². The molecule has 3 nitrogen and oxygen atoms in total. The van der Waals surface area contributed by atoms with Crippen molar-refractivity contribution >= 4 is 40.6 Å². The van der Waals surface area contributed by atoms with Gasteiger partial charge in [0.1, 0.15) is 0 Å². The number of hydrogen-bond acceptors (Lipinski definition) is 3. The van der Waals surface area contributed by atoms with Gasteiger partial charge in [0, 0.05) is 17.2 Å². The highest BCUT2D eigenvalue weighted by molar-refractivity contribution is 7.99. The minimum Gasteiger partial charge on any atom is -0.360 e. The van der Waals surface area contributed by atoms with Crippen LogP contribution in [0.5, 0.6) is 0 Å². The monoisotopic (exact) mass is 386 g/mol. The summed E-state index contributed by atoms with van der Waals surface area (Å²) in [6, 6.07) is 10.6. The van der Waals surface area contributed by atoms with Gasteiger partial charge >= 0.3 is 6.18 Å². The van der Waals surface area contributed by atoms with Gasteiger partial charge in [-0.05, 0) is 30.3 Å². The summed E-state index contributed by atoms with van der Waals surface area (Å²) >= 11 is 7.63. The number of hydrogen-bond donors (Lipinski definition) is 1. The summed E-state index contributed by atoms with van der Waals surface area (Å²) in [5.41, 5.74) is 0.0529. The third-order valence-corrected chi connectivity index (χ3v) is 5.10. The van der Waals surface area contributed by atoms with Crippen LogP contribution in [-0.4, -0.2) is 24.7 Å². The Morgan fingerprint density at radius 2 is 2.00 bits per heavy atom. The van der Waals surface area contributed by atoms with E-state index in [0.29, 0.717) is 6.54 Å². The Bertz CT molecular complexity index is 798. The number of benzene rings is 2. The summed E-state index contributed by atoms with van der Waals surface area (Å²) in [5, 5.41) is 2.55. The molecule has 1 heterocycles. The fourth-order valence-corrected chi connectivity index (χ4v) is 3.77. The average molecular weight is 387 g/mol. The molecule has 132 valence electrons. The third-order valence-electron chi connectivity index (χ3n) is 3.73. The van der Waals surface area contributed by atoms with E-state index in [9.17, 15) is 18.0 Å². The van der Waals surface area contributed by atoms with E-state index in [4.69, 9.17) is 11.6 Å². The van der Waals surface area contributed by atoms with Gasteiger partial charge in [0.05, 0.1) is 28.5 Å². The van der Waals surface area contributed by atoms with E-state index in [1.807, 2.05) is 29.2 Å². The van der Waals surface area contributed by atoms with Crippen molar-refractivity contribution in [2.24, 2.45) is 0 Å². The number of anilines is 2. The van der Waals surface area contributed by atoms with Crippen molar-refractivity contribution in [2.45, 2.75) is 11.1 Å². The first kappa shape index (κ1) is 17.9. The standard InChI is InChI=1S/C17H14ClF3N2OS/c18-12-6-5-11(17(19,20)21)9-13(12)22-16(24)10-23-7-8-25-15-4-2-1-3-14(15)23/h1-6,9H,7-8,10H2,(H,22,24). The lowest BCUT2D eigenvalue weighted by atomic mass is 10.2. The largest absolute Gasteiger partial charge is 0.416 e. The lowest BCUT2D eigenvalue weighted by molar-refractivity contribution is -0.137. The van der Waals surface area contributed by atoms with E-state index in [2.05, 4.69) is 5.32 Å². The summed E-state index contributed by atoms with van der Waals surface area (Å²) in [6.07, 6.45) is -4.49. The molecule has 0 unspecified atom stereocenters. The first-order chi connectivity index (χ1) is 11.8. The third kappa shape index (κ3) is 4.22. The Morgan fingerprint density at radius 3 is 2.76 bits per heavy atom. The number of amides is 1. The van der Waals surface area contributed by atoms with Crippen LogP contribution < -0.4 is 10.2 Å². The van der Waals surface area contributed by atoms with E-state index >= 15 is 0 Å². The number of thioether (sulfide) groups is 1. The topological polar surface area (TPSA) is 32.3 Å². The second-order valence-electron chi connectivity index (χ2n) is 5.48. The molecule has 0 aliphatic carbocycles. The molecule has 3 rings (SSSR count). The maximum atomic E-state index is 12.8. The Morgan fingerprint density at radius 1 is 1.24 bits per heavy atom. The molecule has 0 radical (unpaired) electrons. The molecule has 0 fully saturated rings. The second-order valence-corrected chi connectivity index (χ2v) is 7.02. The normalized spacial score (nSPS) is 14.2. The summed E-state index contributed by atoms with van der Waals surface area (Å²) in [6.45, 7) is 0.732. The Hall–Kier alpha value is -1.86. The van der Waals surface area contributed by atoms with E-state index < -0.39 is 17.6 Å². The molecule has 1 aliphatic rings. The van der Waals surface area contributed by atoms with Crippen LogP contribution in [-0.2, 0) is 11.0 Å². The highest BCUT2D eigenvalue weighted by Gasteiger charge is 2.31. The summed E-state index contributed by atoms with van der Waals surface area (Å²) in [5.74, 6) is 0.428. The summed E-state index contributed by atoms with van der Waals surface area (Å²) in [4.78, 5) is 15.3. The van der Waals surface area contributed by atoms with Crippen molar-refractivity contribution in [3.63, 3.8) is 0 Å². The fourth-order valence-electron chi connectivity index (χ4n) is 2.55. The number of rotatable bonds is 3. The van der Waals surface area contributed by atoms with Gasteiger partial charge in [-0.15, -0.1) is 11.8 Å². The van der Waals surface area contributed by atoms with Crippen molar-refractivity contribution < 1.29 is 18.0 Å². The Labute approximate surface area is 152 Å². The molecule has 0 atom stereocenters. The lowest BCUT2D eigenvalue weighted by Crippen LogP contribution is -2.36. The molecule has 0 bridgehead atoms. The molecule has 1 N–H and O–H groups in total. The highest BCUT2D eigenvalue weighted by atomic mass is 35.5. The van der Waals surface area contributed by atoms with Crippen LogP contribution in [0.4, 0.5) is 24.5 Å². The smallest absolute Gasteiger partial charge is 0.360 e. The molecule has 0 saturated heterocycles. The molecule has 8 heteroatoms. The highest BCUT2D eigenvalue weighted by Crippen LogP contribution is 2.35. The van der Waals surface area contributed by atoms with Crippen LogP contribution in [0, 0.1) is 0 Å². The zero-order valence-corrected chi connectivity index (χ0v) is 14.5. The van der Waals surface area contributed by atoms with Crippen LogP contribution in [0.15, 0.2) is 47.4 Å². The Kier molecular flexibility index (Phi) is 5.15. The minimum absolute atomic E-state index is 0.0406. The van der Waals surface area contributed by atoms with Crippen LogP contribution in [0.2, 0.25) is 5.02 Å². The molecule has 2 aromatic rings. The maximum absolute atomic E-state index is 12.8. The number of alkyl halides is 3. The number of carbonyl (C=O) groups is 1. The van der Waals surface area contributed by atoms with Crippen LogP contribution in [0.1, 0.15) is 5.56 Å². The van der Waals surface area contributed by atoms with Gasteiger partial charge in [0.15, 0.2) is 0 Å². The number of halogens is 4. The van der Waals surface area contributed by atoms with Gasteiger partial charge in [-0.1, -0.05) is 23.7 Å². The molecule has 1 aliphatic heterocycles. The van der Waals surface area contributed by atoms with Gasteiger partial charge in [-0.25, -0.2) is 0 Å². The number of nitrogens with zero attached hydrogens (tertiary/aromatic N) is 1. The molecule has 2 aromatic carbocycles. The predicted octanol–water partition coefficient (Wildman–Crippen LogP) is 4.91. The zero-order valence-electron chi connectivity index (χ0n) is 12.9. The van der Waals surface area contributed by atoms with Gasteiger partial charge in [0.2, 0.25) is 5.91 Å². The van der Waals surface area contributed by atoms with Crippen LogP contribution in [0.3, 0.4) is 0 Å². The number of nitrogens with one attached hydrogen (secondary N) is 1. The number of para-hydroxylation sites is 1. The Balaban J connectivity index is 1.74. The average Bonchev–Trinajstić information content (AvgIpc) is 2.56. The van der Waals surface area contributed by atoms with Crippen LogP contribution in [0.25, 0.3) is 0 Å². The van der Waals surface area contributed by atoms with E-state index in [1.165, 1.54) is 0 Å². The van der Waals surface area contributed by atoms with Gasteiger partial charge in [-0.3, -0.25) is 4.79 Å². The molecule has 25 heavy (non-hydrogen) atoms. The molecule has 0 aromatic heterocycles. The second kappa shape index (κ2) is 7.17. The molecular weight excluding hydrogens is 373 g/mol. The van der Waals surface area contributed by atoms with Crippen molar-refractivity contribution in [1.29, 1.82) is 0 Å². The first-order valence-electron chi connectivity index (χ1n) is 7.48. The van der Waals surface area contributed by atoms with Gasteiger partial charge < -0.3 is 10.2 Å². The quantitative estimate of drug-likeness (QED) is 0.813. The van der Waals surface area contributed by atoms with Crippen molar-refractivity contribution in [3.05, 3.63) is 53.1 Å². The molecule has 0 spiro atoms. The SMILES string of the molecule is O=C(CN1CCSc2ccccc21)Nc1cc(C(F)(F)F)ccc1Cl. The molecule has 0 saturated carbocycles. The van der Waals surface area contributed by atoms with Crippen molar-refractivity contribution in [1.82, 2.24) is 0 Å². The summed E-state index contributed by atoms with van der Waals surface area (Å²) in [7, 11) is 0. The molecular formula is C17H14ClF3N2OS. The number of fused-ring (bicyclic) bond motifs is 1. The fraction of sp³-hybridized carbons (Fsp3) is 0.235. The van der Waals surface area contributed by atoms with Gasteiger partial charge in [-0.2, -0.15) is 13.2 Å². The summed E-state index contributed by atoms with van der Waals surface area (Å²) < 4.78 is 38.4. The zero-order chi connectivity index (χ0) is 18.0. The lowest BCUT2D eigenvalue weighted by Gasteiger charge is -2.30. The van der Waals surface area contributed by atoms with E-state index in [-0.39, 0.29) is 17.3 Å². The number of carbonyl (C=O) groups excluding carboxylic acids is 1. The first-order valence-corrected chi connectivity index (χ1v) is 8.84. The van der Waals surface area contributed by atoms with E-state index in [1.54, 1.807) is 11.8 Å². The van der Waals surface area contributed by atoms with Crippen molar-refractivity contribution in [2.75, 3.05) is 29.1 Å². The maximum Gasteiger partial charge on any atom is 0.416 e. The van der Waals surface area contributed by atoms with Gasteiger partial charge in [0.25, 0.3) is 0 Å². The molecule has 1 amide bonds. The van der Waals surface area contributed by atoms with Crippen LogP contribution >= 0.6 is 23.4 Å². The predicted molar refractivity (Wildman–Crippen MR) is 94.5 cm³/mol.